The number of nitrogens with one attached hydrogen (secondary N) is 2. The number of hydrogen-bond donors (Lipinski definition) is 2. The van der Waals surface area contributed by atoms with E-state index in [1.165, 1.54) is 17.7 Å². The Labute approximate surface area is 108 Å². The third kappa shape index (κ3) is 3.04. The Kier molecular flexibility index (Phi) is 4.24. The van der Waals surface area contributed by atoms with Crippen molar-refractivity contribution < 1.29 is 9.53 Å². The number of anilines is 1. The van der Waals surface area contributed by atoms with Gasteiger partial charge < -0.3 is 10.1 Å². The van der Waals surface area contributed by atoms with E-state index in [1.807, 2.05) is 0 Å². The Hall–Kier alpha value is -1.96. The van der Waals surface area contributed by atoms with Crippen molar-refractivity contribution in [2.45, 2.75) is 13.3 Å². The SMILES string of the molecule is CCOC(=O)c1ncsc1NCCc1ncn[nH]1. The minimum Gasteiger partial charge on any atom is -0.461 e. The van der Waals surface area contributed by atoms with Crippen molar-refractivity contribution in [3.63, 3.8) is 0 Å². The van der Waals surface area contributed by atoms with Crippen LogP contribution in [0.1, 0.15) is 23.2 Å². The van der Waals surface area contributed by atoms with Gasteiger partial charge in [-0.3, -0.25) is 5.10 Å². The van der Waals surface area contributed by atoms with Gasteiger partial charge in [0.05, 0.1) is 12.1 Å². The van der Waals surface area contributed by atoms with Crippen molar-refractivity contribution in [3.05, 3.63) is 23.4 Å². The molecule has 0 atom stereocenters. The van der Waals surface area contributed by atoms with Gasteiger partial charge in [-0.25, -0.2) is 14.8 Å². The lowest BCUT2D eigenvalue weighted by molar-refractivity contribution is 0.0521. The summed E-state index contributed by atoms with van der Waals surface area (Å²) in [5, 5.41) is 10.4. The zero-order valence-electron chi connectivity index (χ0n) is 9.84. The van der Waals surface area contributed by atoms with E-state index in [2.05, 4.69) is 25.5 Å². The van der Waals surface area contributed by atoms with Crippen molar-refractivity contribution >= 4 is 22.3 Å². The predicted octanol–water partition coefficient (Wildman–Crippen LogP) is 1.09. The van der Waals surface area contributed by atoms with E-state index >= 15 is 0 Å². The quantitative estimate of drug-likeness (QED) is 0.761. The Balaban J connectivity index is 1.89. The molecule has 18 heavy (non-hydrogen) atoms. The second-order valence-electron chi connectivity index (χ2n) is 3.36. The number of hydrogen-bond acceptors (Lipinski definition) is 7. The first-order chi connectivity index (χ1) is 8.81. The number of ether oxygens (including phenoxy) is 1. The van der Waals surface area contributed by atoms with Gasteiger partial charge in [-0.1, -0.05) is 0 Å². The lowest BCUT2D eigenvalue weighted by atomic mass is 10.4. The largest absolute Gasteiger partial charge is 0.461 e. The van der Waals surface area contributed by atoms with Gasteiger partial charge in [0.15, 0.2) is 5.69 Å². The monoisotopic (exact) mass is 267 g/mol. The van der Waals surface area contributed by atoms with E-state index in [4.69, 9.17) is 4.74 Å². The third-order valence-electron chi connectivity index (χ3n) is 2.15. The van der Waals surface area contributed by atoms with Gasteiger partial charge in [0.2, 0.25) is 0 Å². The zero-order chi connectivity index (χ0) is 12.8. The summed E-state index contributed by atoms with van der Waals surface area (Å²) in [7, 11) is 0. The van der Waals surface area contributed by atoms with Crippen LogP contribution >= 0.6 is 11.3 Å². The molecule has 0 saturated carbocycles. The van der Waals surface area contributed by atoms with E-state index < -0.39 is 5.97 Å². The third-order valence-corrected chi connectivity index (χ3v) is 2.93. The van der Waals surface area contributed by atoms with Gasteiger partial charge >= 0.3 is 5.97 Å². The number of carbonyl (C=O) groups excluding carboxylic acids is 1. The van der Waals surface area contributed by atoms with Crippen LogP contribution in [0.4, 0.5) is 5.00 Å². The lowest BCUT2D eigenvalue weighted by Crippen LogP contribution is -2.11. The molecule has 2 heterocycles. The van der Waals surface area contributed by atoms with Crippen LogP contribution in [0.5, 0.6) is 0 Å². The lowest BCUT2D eigenvalue weighted by Gasteiger charge is -2.04. The maximum Gasteiger partial charge on any atom is 0.360 e. The van der Waals surface area contributed by atoms with Crippen molar-refractivity contribution in [3.8, 4) is 0 Å². The Morgan fingerprint density at radius 1 is 1.56 bits per heavy atom. The average molecular weight is 267 g/mol. The summed E-state index contributed by atoms with van der Waals surface area (Å²) in [6.07, 6.45) is 2.16. The molecule has 0 aliphatic rings. The molecule has 2 rings (SSSR count). The smallest absolute Gasteiger partial charge is 0.360 e. The van der Waals surface area contributed by atoms with Gasteiger partial charge in [0, 0.05) is 13.0 Å². The molecule has 0 spiro atoms. The fourth-order valence-corrected chi connectivity index (χ4v) is 2.06. The number of aromatic nitrogens is 4. The fourth-order valence-electron chi connectivity index (χ4n) is 1.36. The molecule has 2 aromatic rings. The van der Waals surface area contributed by atoms with Gasteiger partial charge in [-0.2, -0.15) is 5.10 Å². The molecule has 0 saturated heterocycles. The average Bonchev–Trinajstić information content (AvgIpc) is 3.00. The highest BCUT2D eigenvalue weighted by Crippen LogP contribution is 2.20. The molecule has 0 unspecified atom stereocenters. The number of esters is 1. The highest BCUT2D eigenvalue weighted by molar-refractivity contribution is 7.14. The van der Waals surface area contributed by atoms with Crippen molar-refractivity contribution in [2.75, 3.05) is 18.5 Å². The molecule has 0 radical (unpaired) electrons. The molecule has 0 aliphatic carbocycles. The van der Waals surface area contributed by atoms with E-state index in [1.54, 1.807) is 12.4 Å². The molecular formula is C10H13N5O2S. The van der Waals surface area contributed by atoms with Crippen LogP contribution in [-0.2, 0) is 11.2 Å². The van der Waals surface area contributed by atoms with Crippen molar-refractivity contribution in [2.24, 2.45) is 0 Å². The van der Waals surface area contributed by atoms with Gasteiger partial charge in [0.25, 0.3) is 0 Å². The van der Waals surface area contributed by atoms with Crippen LogP contribution in [0.25, 0.3) is 0 Å². The molecule has 0 aliphatic heterocycles. The first-order valence-corrected chi connectivity index (χ1v) is 6.38. The van der Waals surface area contributed by atoms with E-state index in [-0.39, 0.29) is 0 Å². The standard InChI is InChI=1S/C10H13N5O2S/c1-2-17-10(16)8-9(18-6-13-8)11-4-3-7-12-5-14-15-7/h5-6,11H,2-4H2,1H3,(H,12,14,15). The highest BCUT2D eigenvalue weighted by Gasteiger charge is 2.15. The predicted molar refractivity (Wildman–Crippen MR) is 66.6 cm³/mol. The number of nitrogens with zero attached hydrogens (tertiary/aromatic N) is 3. The molecule has 8 heteroatoms. The topological polar surface area (TPSA) is 92.8 Å². The number of H-pyrrole nitrogens is 1. The number of aromatic amines is 1. The first kappa shape index (κ1) is 12.5. The summed E-state index contributed by atoms with van der Waals surface area (Å²) in [6.45, 7) is 2.75. The number of rotatable bonds is 6. The van der Waals surface area contributed by atoms with Crippen LogP contribution in [0.3, 0.4) is 0 Å². The summed E-state index contributed by atoms with van der Waals surface area (Å²) in [5.74, 6) is 0.394. The second-order valence-corrected chi connectivity index (χ2v) is 4.21. The molecule has 2 N–H and O–H groups in total. The molecule has 0 bridgehead atoms. The van der Waals surface area contributed by atoms with Crippen LogP contribution in [0.15, 0.2) is 11.8 Å². The number of thiazole rings is 1. The summed E-state index contributed by atoms with van der Waals surface area (Å²) >= 11 is 1.37. The molecule has 7 nitrogen and oxygen atoms in total. The minimum absolute atomic E-state index is 0.333. The van der Waals surface area contributed by atoms with E-state index in [0.717, 1.165) is 5.82 Å². The molecule has 0 fully saturated rings. The van der Waals surface area contributed by atoms with Crippen LogP contribution < -0.4 is 5.32 Å². The van der Waals surface area contributed by atoms with Crippen molar-refractivity contribution in [1.29, 1.82) is 0 Å². The summed E-state index contributed by atoms with van der Waals surface area (Å²) in [6, 6.07) is 0. The van der Waals surface area contributed by atoms with Crippen molar-refractivity contribution in [1.82, 2.24) is 20.2 Å². The molecule has 96 valence electrons. The molecule has 2 aromatic heterocycles. The fraction of sp³-hybridized carbons (Fsp3) is 0.400. The zero-order valence-corrected chi connectivity index (χ0v) is 10.7. The maximum atomic E-state index is 11.6. The first-order valence-electron chi connectivity index (χ1n) is 5.50. The van der Waals surface area contributed by atoms with Crippen LogP contribution in [0.2, 0.25) is 0 Å². The summed E-state index contributed by atoms with van der Waals surface area (Å²) in [5.41, 5.74) is 1.95. The van der Waals surface area contributed by atoms with Gasteiger partial charge in [-0.05, 0) is 6.92 Å². The molecule has 0 aromatic carbocycles. The Bertz CT molecular complexity index is 496. The minimum atomic E-state index is -0.402. The maximum absolute atomic E-state index is 11.6. The van der Waals surface area contributed by atoms with Crippen LogP contribution in [-0.4, -0.2) is 39.3 Å². The number of carbonyl (C=O) groups is 1. The van der Waals surface area contributed by atoms with E-state index in [9.17, 15) is 4.79 Å². The van der Waals surface area contributed by atoms with E-state index in [0.29, 0.717) is 30.3 Å². The van der Waals surface area contributed by atoms with Gasteiger partial charge in [0.1, 0.15) is 17.2 Å². The van der Waals surface area contributed by atoms with Crippen LogP contribution in [0, 0.1) is 0 Å². The Morgan fingerprint density at radius 2 is 2.44 bits per heavy atom. The summed E-state index contributed by atoms with van der Waals surface area (Å²) in [4.78, 5) is 19.6. The molecule has 0 amide bonds. The highest BCUT2D eigenvalue weighted by atomic mass is 32.1. The normalized spacial score (nSPS) is 10.3. The molecular weight excluding hydrogens is 254 g/mol. The Morgan fingerprint density at radius 3 is 3.17 bits per heavy atom. The van der Waals surface area contributed by atoms with Gasteiger partial charge in [-0.15, -0.1) is 11.3 Å². The summed E-state index contributed by atoms with van der Waals surface area (Å²) < 4.78 is 4.92. The second kappa shape index (κ2) is 6.10.